The summed E-state index contributed by atoms with van der Waals surface area (Å²) in [6.07, 6.45) is 0.556. The maximum atomic E-state index is 12.4. The molecule has 3 atom stereocenters. The second kappa shape index (κ2) is 13.1. The third-order valence-corrected chi connectivity index (χ3v) is 5.24. The molecule has 0 aliphatic rings. The van der Waals surface area contributed by atoms with Gasteiger partial charge in [-0.2, -0.15) is 0 Å². The maximum absolute atomic E-state index is 12.4. The van der Waals surface area contributed by atoms with Gasteiger partial charge in [0.25, 0.3) is 11.4 Å². The summed E-state index contributed by atoms with van der Waals surface area (Å²) in [5, 5.41) is 36.2. The normalized spacial score (nSPS) is 13.3. The first kappa shape index (κ1) is 27.3. The summed E-state index contributed by atoms with van der Waals surface area (Å²) in [4.78, 5) is 45.0. The van der Waals surface area contributed by atoms with E-state index in [-0.39, 0.29) is 43.8 Å². The van der Waals surface area contributed by atoms with Crippen molar-refractivity contribution in [2.24, 2.45) is 11.5 Å². The van der Waals surface area contributed by atoms with E-state index < -0.39 is 39.8 Å². The smallest absolute Gasteiger partial charge is 0.269 e. The van der Waals surface area contributed by atoms with Gasteiger partial charge in [0.05, 0.1) is 34.6 Å². The molecule has 35 heavy (non-hydrogen) atoms. The van der Waals surface area contributed by atoms with Crippen LogP contribution in [-0.2, 0) is 22.4 Å². The highest BCUT2D eigenvalue weighted by Crippen LogP contribution is 2.14. The van der Waals surface area contributed by atoms with E-state index in [1.165, 1.54) is 48.5 Å². The molecule has 0 fully saturated rings. The molecule has 0 saturated heterocycles. The summed E-state index contributed by atoms with van der Waals surface area (Å²) in [6, 6.07) is 8.94. The van der Waals surface area contributed by atoms with Crippen molar-refractivity contribution in [2.75, 3.05) is 13.2 Å². The van der Waals surface area contributed by atoms with Crippen molar-refractivity contribution in [1.82, 2.24) is 10.6 Å². The fourth-order valence-corrected chi connectivity index (χ4v) is 3.22. The number of nitro groups is 2. The lowest BCUT2D eigenvalue weighted by atomic mass is 10.0. The number of hydrogen-bond donors (Lipinski definition) is 5. The number of nitro benzene ring substituents is 2. The van der Waals surface area contributed by atoms with Gasteiger partial charge in [-0.3, -0.25) is 29.8 Å². The van der Waals surface area contributed by atoms with Crippen LogP contribution in [0.25, 0.3) is 0 Å². The molecule has 7 N–H and O–H groups in total. The van der Waals surface area contributed by atoms with Gasteiger partial charge in [0.1, 0.15) is 0 Å². The molecule has 0 bridgehead atoms. The lowest BCUT2D eigenvalue weighted by Crippen LogP contribution is -2.49. The number of aliphatic hydroxyl groups is 1. The first-order chi connectivity index (χ1) is 16.6. The SMILES string of the molecule is N[C@@H](Cc1ccc([N+](=O)[O-])cc1)C(=O)NCCC(CO)NC(=O)[C@@H](N)Cc1ccc([N+](=O)[O-])cc1. The van der Waals surface area contributed by atoms with Crippen molar-refractivity contribution in [3.8, 4) is 0 Å². The van der Waals surface area contributed by atoms with Crippen LogP contribution in [-0.4, -0.2) is 58.0 Å². The minimum Gasteiger partial charge on any atom is -0.394 e. The summed E-state index contributed by atoms with van der Waals surface area (Å²) in [5.74, 6) is -0.954. The summed E-state index contributed by atoms with van der Waals surface area (Å²) < 4.78 is 0. The number of carbonyl (C=O) groups excluding carboxylic acids is 2. The molecule has 0 heterocycles. The summed E-state index contributed by atoms with van der Waals surface area (Å²) in [6.45, 7) is -0.239. The predicted octanol–water partition coefficient (Wildman–Crippen LogP) is -0.0738. The van der Waals surface area contributed by atoms with Crippen LogP contribution in [0, 0.1) is 20.2 Å². The van der Waals surface area contributed by atoms with Crippen LogP contribution in [0.5, 0.6) is 0 Å². The molecule has 0 aromatic heterocycles. The summed E-state index contributed by atoms with van der Waals surface area (Å²) in [5.41, 5.74) is 13.0. The Morgan fingerprint density at radius 1 is 0.829 bits per heavy atom. The third-order valence-electron chi connectivity index (χ3n) is 5.24. The molecule has 2 rings (SSSR count). The van der Waals surface area contributed by atoms with Gasteiger partial charge in [-0.1, -0.05) is 24.3 Å². The van der Waals surface area contributed by atoms with Crippen molar-refractivity contribution in [3.63, 3.8) is 0 Å². The molecule has 0 aliphatic carbocycles. The first-order valence-corrected chi connectivity index (χ1v) is 10.8. The van der Waals surface area contributed by atoms with E-state index in [1.54, 1.807) is 0 Å². The number of non-ortho nitro benzene ring substituents is 2. The van der Waals surface area contributed by atoms with Crippen LogP contribution in [0.4, 0.5) is 11.4 Å². The molecular weight excluding hydrogens is 460 g/mol. The number of nitrogens with two attached hydrogens (primary N) is 2. The molecule has 13 nitrogen and oxygen atoms in total. The molecule has 1 unspecified atom stereocenters. The number of carbonyl (C=O) groups is 2. The zero-order chi connectivity index (χ0) is 26.0. The van der Waals surface area contributed by atoms with Crippen molar-refractivity contribution < 1.29 is 24.5 Å². The zero-order valence-electron chi connectivity index (χ0n) is 18.8. The first-order valence-electron chi connectivity index (χ1n) is 10.8. The Kier molecular flexibility index (Phi) is 10.2. The van der Waals surface area contributed by atoms with Crippen LogP contribution < -0.4 is 22.1 Å². The number of rotatable bonds is 13. The predicted molar refractivity (Wildman–Crippen MR) is 126 cm³/mol. The van der Waals surface area contributed by atoms with Gasteiger partial charge in [0.2, 0.25) is 11.8 Å². The van der Waals surface area contributed by atoms with Gasteiger partial charge < -0.3 is 27.2 Å². The molecule has 0 radical (unpaired) electrons. The Labute approximate surface area is 200 Å². The molecule has 2 amide bonds. The minimum atomic E-state index is -0.935. The van der Waals surface area contributed by atoms with E-state index >= 15 is 0 Å². The molecule has 0 spiro atoms. The number of nitrogens with one attached hydrogen (secondary N) is 2. The van der Waals surface area contributed by atoms with E-state index in [4.69, 9.17) is 11.5 Å². The van der Waals surface area contributed by atoms with E-state index in [0.29, 0.717) is 11.1 Å². The van der Waals surface area contributed by atoms with Gasteiger partial charge >= 0.3 is 0 Å². The van der Waals surface area contributed by atoms with Gasteiger partial charge in [-0.25, -0.2) is 0 Å². The van der Waals surface area contributed by atoms with Gasteiger partial charge in [0.15, 0.2) is 0 Å². The number of hydrogen-bond acceptors (Lipinski definition) is 9. The Morgan fingerprint density at radius 3 is 1.66 bits per heavy atom. The van der Waals surface area contributed by atoms with Crippen LogP contribution in [0.3, 0.4) is 0 Å². The lowest BCUT2D eigenvalue weighted by molar-refractivity contribution is -0.385. The quantitative estimate of drug-likeness (QED) is 0.188. The largest absolute Gasteiger partial charge is 0.394 e. The maximum Gasteiger partial charge on any atom is 0.269 e. The van der Waals surface area contributed by atoms with Crippen molar-refractivity contribution in [3.05, 3.63) is 79.9 Å². The van der Waals surface area contributed by atoms with Crippen molar-refractivity contribution in [1.29, 1.82) is 0 Å². The zero-order valence-corrected chi connectivity index (χ0v) is 18.8. The summed E-state index contributed by atoms with van der Waals surface area (Å²) >= 11 is 0. The molecule has 188 valence electrons. The lowest BCUT2D eigenvalue weighted by Gasteiger charge is -2.20. The fraction of sp³-hybridized carbons (Fsp3) is 0.364. The van der Waals surface area contributed by atoms with E-state index in [0.717, 1.165) is 0 Å². The topological polar surface area (TPSA) is 217 Å². The second-order valence-corrected chi connectivity index (χ2v) is 7.94. The summed E-state index contributed by atoms with van der Waals surface area (Å²) in [7, 11) is 0. The molecule has 2 aromatic rings. The fourth-order valence-electron chi connectivity index (χ4n) is 3.22. The Bertz CT molecular complexity index is 1030. The van der Waals surface area contributed by atoms with E-state index in [1.807, 2.05) is 0 Å². The minimum absolute atomic E-state index is 0.0590. The highest BCUT2D eigenvalue weighted by atomic mass is 16.6. The standard InChI is InChI=1S/C22H28N6O7/c23-19(11-14-1-5-17(6-2-14)27(32)33)21(30)25-10-9-16(13-29)26-22(31)20(24)12-15-3-7-18(8-4-15)28(34)35/h1-8,16,19-20,29H,9-13,23-24H2,(H,25,30)(H,26,31)/t16?,19-,20-/m0/s1. The Balaban J connectivity index is 1.76. The number of aliphatic hydroxyl groups excluding tert-OH is 1. The monoisotopic (exact) mass is 488 g/mol. The molecular formula is C22H28N6O7. The van der Waals surface area contributed by atoms with Crippen LogP contribution in [0.15, 0.2) is 48.5 Å². The van der Waals surface area contributed by atoms with Crippen LogP contribution in [0.1, 0.15) is 17.5 Å². The third kappa shape index (κ3) is 8.73. The van der Waals surface area contributed by atoms with Crippen molar-refractivity contribution in [2.45, 2.75) is 37.4 Å². The average molecular weight is 489 g/mol. The van der Waals surface area contributed by atoms with Crippen molar-refractivity contribution >= 4 is 23.2 Å². The second-order valence-electron chi connectivity index (χ2n) is 7.94. The number of benzene rings is 2. The molecule has 2 aromatic carbocycles. The van der Waals surface area contributed by atoms with Gasteiger partial charge in [0, 0.05) is 30.8 Å². The van der Waals surface area contributed by atoms with Crippen LogP contribution in [0.2, 0.25) is 0 Å². The highest BCUT2D eigenvalue weighted by Gasteiger charge is 2.20. The Morgan fingerprint density at radius 2 is 1.26 bits per heavy atom. The average Bonchev–Trinajstić information content (AvgIpc) is 2.83. The molecule has 0 aliphatic heterocycles. The van der Waals surface area contributed by atoms with Gasteiger partial charge in [-0.15, -0.1) is 0 Å². The molecule has 0 saturated carbocycles. The van der Waals surface area contributed by atoms with Gasteiger partial charge in [-0.05, 0) is 30.4 Å². The van der Waals surface area contributed by atoms with E-state index in [9.17, 15) is 34.9 Å². The molecule has 13 heteroatoms. The van der Waals surface area contributed by atoms with Crippen LogP contribution >= 0.6 is 0 Å². The number of nitrogens with zero attached hydrogens (tertiary/aromatic N) is 2. The number of amides is 2. The van der Waals surface area contributed by atoms with E-state index in [2.05, 4.69) is 10.6 Å². The highest BCUT2D eigenvalue weighted by molar-refractivity contribution is 5.82. The Hall–Kier alpha value is -3.94.